The molecule has 0 bridgehead atoms. The minimum absolute atomic E-state index is 0.426. The number of rotatable bonds is 0. The van der Waals surface area contributed by atoms with Crippen molar-refractivity contribution in [3.63, 3.8) is 0 Å². The van der Waals surface area contributed by atoms with Gasteiger partial charge in [-0.15, -0.1) is 0 Å². The van der Waals surface area contributed by atoms with Gasteiger partial charge in [-0.05, 0) is 20.8 Å². The number of nitrogens with one attached hydrogen (secondary N) is 2. The van der Waals surface area contributed by atoms with Crippen molar-refractivity contribution in [2.45, 2.75) is 40.8 Å². The second-order valence-electron chi connectivity index (χ2n) is 2.26. The van der Waals surface area contributed by atoms with E-state index in [-0.39, 0.29) is 0 Å². The average Bonchev–Trinajstić information content (AvgIpc) is 2.16. The van der Waals surface area contributed by atoms with E-state index in [1.165, 1.54) is 11.4 Å². The van der Waals surface area contributed by atoms with Crippen LogP contribution in [0.25, 0.3) is 0 Å². The Bertz CT molecular complexity index is 113. The molecule has 0 amide bonds. The number of hydrogen-bond acceptors (Lipinski definition) is 2. The van der Waals surface area contributed by atoms with Crippen molar-refractivity contribution in [3.8, 4) is 0 Å². The van der Waals surface area contributed by atoms with E-state index < -0.39 is 0 Å². The SMILES string of the molecule is CC.CC1=C(C)NC(C)N1. The molecule has 60 valence electrons. The van der Waals surface area contributed by atoms with E-state index in [2.05, 4.69) is 31.4 Å². The first-order valence-electron chi connectivity index (χ1n) is 3.90. The third-order valence-corrected chi connectivity index (χ3v) is 1.43. The maximum Gasteiger partial charge on any atom is 0.0930 e. The summed E-state index contributed by atoms with van der Waals surface area (Å²) in [5.41, 5.74) is 2.52. The Kier molecular flexibility index (Phi) is 3.93. The maximum absolute atomic E-state index is 3.23. The highest BCUT2D eigenvalue weighted by atomic mass is 15.2. The molecule has 1 rings (SSSR count). The van der Waals surface area contributed by atoms with Crippen molar-refractivity contribution in [1.82, 2.24) is 10.6 Å². The summed E-state index contributed by atoms with van der Waals surface area (Å²) in [6, 6.07) is 0. The summed E-state index contributed by atoms with van der Waals surface area (Å²) >= 11 is 0. The molecule has 0 unspecified atom stereocenters. The predicted octanol–water partition coefficient (Wildman–Crippen LogP) is 1.80. The van der Waals surface area contributed by atoms with Crippen molar-refractivity contribution < 1.29 is 0 Å². The van der Waals surface area contributed by atoms with Gasteiger partial charge in [0.25, 0.3) is 0 Å². The Morgan fingerprint density at radius 1 is 1.00 bits per heavy atom. The van der Waals surface area contributed by atoms with Crippen LogP contribution in [-0.2, 0) is 0 Å². The molecular weight excluding hydrogens is 124 g/mol. The van der Waals surface area contributed by atoms with Gasteiger partial charge in [-0.3, -0.25) is 0 Å². The van der Waals surface area contributed by atoms with Gasteiger partial charge in [-0.1, -0.05) is 13.8 Å². The standard InChI is InChI=1S/C6H12N2.C2H6/c1-4-5(2)8-6(3)7-4;1-2/h6-8H,1-3H3;1-2H3. The quantitative estimate of drug-likeness (QED) is 0.539. The van der Waals surface area contributed by atoms with Crippen molar-refractivity contribution in [2.75, 3.05) is 0 Å². The van der Waals surface area contributed by atoms with Crippen LogP contribution in [0.3, 0.4) is 0 Å². The molecular formula is C8H18N2. The molecule has 0 atom stereocenters. The first kappa shape index (κ1) is 9.34. The van der Waals surface area contributed by atoms with Crippen LogP contribution < -0.4 is 10.6 Å². The predicted molar refractivity (Wildman–Crippen MR) is 45.5 cm³/mol. The van der Waals surface area contributed by atoms with Gasteiger partial charge in [0.05, 0.1) is 6.17 Å². The Labute approximate surface area is 63.7 Å². The molecule has 0 saturated heterocycles. The molecule has 0 aromatic heterocycles. The lowest BCUT2D eigenvalue weighted by molar-refractivity contribution is 0.603. The highest BCUT2D eigenvalue weighted by Crippen LogP contribution is 2.03. The minimum atomic E-state index is 0.426. The first-order valence-corrected chi connectivity index (χ1v) is 3.90. The van der Waals surface area contributed by atoms with Crippen LogP contribution in [0.1, 0.15) is 34.6 Å². The largest absolute Gasteiger partial charge is 0.368 e. The van der Waals surface area contributed by atoms with Crippen molar-refractivity contribution in [3.05, 3.63) is 11.4 Å². The minimum Gasteiger partial charge on any atom is -0.368 e. The van der Waals surface area contributed by atoms with Crippen LogP contribution in [0.5, 0.6) is 0 Å². The molecule has 1 aliphatic rings. The fraction of sp³-hybridized carbons (Fsp3) is 0.750. The van der Waals surface area contributed by atoms with Crippen LogP contribution >= 0.6 is 0 Å². The van der Waals surface area contributed by atoms with Crippen LogP contribution in [0, 0.1) is 0 Å². The Morgan fingerprint density at radius 3 is 1.40 bits per heavy atom. The van der Waals surface area contributed by atoms with Gasteiger partial charge in [0.1, 0.15) is 0 Å². The second-order valence-corrected chi connectivity index (χ2v) is 2.26. The van der Waals surface area contributed by atoms with Gasteiger partial charge in [0.2, 0.25) is 0 Å². The van der Waals surface area contributed by atoms with E-state index >= 15 is 0 Å². The van der Waals surface area contributed by atoms with Gasteiger partial charge in [-0.25, -0.2) is 0 Å². The average molecular weight is 142 g/mol. The van der Waals surface area contributed by atoms with Crippen molar-refractivity contribution >= 4 is 0 Å². The summed E-state index contributed by atoms with van der Waals surface area (Å²) in [6.45, 7) is 10.2. The lowest BCUT2D eigenvalue weighted by Gasteiger charge is -2.03. The van der Waals surface area contributed by atoms with E-state index in [4.69, 9.17) is 0 Å². The Morgan fingerprint density at radius 2 is 1.30 bits per heavy atom. The number of allylic oxidation sites excluding steroid dienone is 2. The molecule has 2 heteroatoms. The Balaban J connectivity index is 0.000000371. The molecule has 2 nitrogen and oxygen atoms in total. The summed E-state index contributed by atoms with van der Waals surface area (Å²) in [7, 11) is 0. The molecule has 1 aliphatic heterocycles. The van der Waals surface area contributed by atoms with Gasteiger partial charge in [0.15, 0.2) is 0 Å². The molecule has 0 aliphatic carbocycles. The fourth-order valence-electron chi connectivity index (χ4n) is 0.902. The molecule has 0 aromatic rings. The lowest BCUT2D eigenvalue weighted by atomic mass is 10.4. The molecule has 0 saturated carbocycles. The molecule has 0 radical (unpaired) electrons. The van der Waals surface area contributed by atoms with E-state index in [1.54, 1.807) is 0 Å². The number of hydrogen-bond donors (Lipinski definition) is 2. The molecule has 0 aromatic carbocycles. The summed E-state index contributed by atoms with van der Waals surface area (Å²) in [4.78, 5) is 0. The van der Waals surface area contributed by atoms with E-state index in [0.29, 0.717) is 6.17 Å². The fourth-order valence-corrected chi connectivity index (χ4v) is 0.902. The van der Waals surface area contributed by atoms with Crippen LogP contribution in [0.4, 0.5) is 0 Å². The summed E-state index contributed by atoms with van der Waals surface area (Å²) in [5, 5.41) is 6.47. The molecule has 1 heterocycles. The van der Waals surface area contributed by atoms with Crippen LogP contribution in [0.2, 0.25) is 0 Å². The van der Waals surface area contributed by atoms with Crippen LogP contribution in [-0.4, -0.2) is 6.17 Å². The maximum atomic E-state index is 3.23. The zero-order valence-corrected chi connectivity index (χ0v) is 7.58. The van der Waals surface area contributed by atoms with E-state index in [0.717, 1.165) is 0 Å². The van der Waals surface area contributed by atoms with Gasteiger partial charge in [0, 0.05) is 11.4 Å². The molecule has 2 N–H and O–H groups in total. The zero-order chi connectivity index (χ0) is 8.15. The second kappa shape index (κ2) is 4.20. The van der Waals surface area contributed by atoms with Crippen LogP contribution in [0.15, 0.2) is 11.4 Å². The van der Waals surface area contributed by atoms with E-state index in [9.17, 15) is 0 Å². The van der Waals surface area contributed by atoms with Crippen molar-refractivity contribution in [1.29, 1.82) is 0 Å². The normalized spacial score (nSPS) is 17.3. The van der Waals surface area contributed by atoms with Gasteiger partial charge >= 0.3 is 0 Å². The van der Waals surface area contributed by atoms with Gasteiger partial charge in [-0.2, -0.15) is 0 Å². The smallest absolute Gasteiger partial charge is 0.0930 e. The molecule has 10 heavy (non-hydrogen) atoms. The Hall–Kier alpha value is -0.660. The summed E-state index contributed by atoms with van der Waals surface area (Å²) in [5.74, 6) is 0. The third-order valence-electron chi connectivity index (χ3n) is 1.43. The molecule has 0 fully saturated rings. The van der Waals surface area contributed by atoms with Gasteiger partial charge < -0.3 is 10.6 Å². The summed E-state index contributed by atoms with van der Waals surface area (Å²) < 4.78 is 0. The first-order chi connectivity index (χ1) is 4.70. The van der Waals surface area contributed by atoms with Crippen molar-refractivity contribution in [2.24, 2.45) is 0 Å². The molecule has 0 spiro atoms. The van der Waals surface area contributed by atoms with E-state index in [1.807, 2.05) is 13.8 Å². The summed E-state index contributed by atoms with van der Waals surface area (Å²) in [6.07, 6.45) is 0.426. The highest BCUT2D eigenvalue weighted by molar-refractivity contribution is 5.12. The third kappa shape index (κ3) is 2.29. The topological polar surface area (TPSA) is 24.1 Å². The lowest BCUT2D eigenvalue weighted by Crippen LogP contribution is -2.28. The zero-order valence-electron chi connectivity index (χ0n) is 7.58. The highest BCUT2D eigenvalue weighted by Gasteiger charge is 2.09. The monoisotopic (exact) mass is 142 g/mol.